The quantitative estimate of drug-likeness (QED) is 0.884. The first-order valence-corrected chi connectivity index (χ1v) is 7.40. The molecule has 1 atom stereocenters. The zero-order valence-corrected chi connectivity index (χ0v) is 12.6. The third kappa shape index (κ3) is 4.32. The molecule has 0 radical (unpaired) electrons. The summed E-state index contributed by atoms with van der Waals surface area (Å²) in [5.74, 6) is 0.542. The van der Waals surface area contributed by atoms with Gasteiger partial charge in [0.1, 0.15) is 0 Å². The molecule has 1 saturated heterocycles. The Labute approximate surface area is 121 Å². The smallest absolute Gasteiger partial charge is 0.238 e. The Bertz CT molecular complexity index is 459. The summed E-state index contributed by atoms with van der Waals surface area (Å²) in [5.41, 5.74) is 2.14. The molecule has 1 aliphatic rings. The zero-order valence-electron chi connectivity index (χ0n) is 12.6. The fourth-order valence-electron chi connectivity index (χ4n) is 2.53. The Morgan fingerprint density at radius 3 is 3.00 bits per heavy atom. The van der Waals surface area contributed by atoms with Crippen molar-refractivity contribution in [2.45, 2.75) is 32.7 Å². The van der Waals surface area contributed by atoms with Gasteiger partial charge in [0.15, 0.2) is 0 Å². The lowest BCUT2D eigenvalue weighted by atomic mass is 10.0. The summed E-state index contributed by atoms with van der Waals surface area (Å²) in [7, 11) is 0. The lowest BCUT2D eigenvalue weighted by Gasteiger charge is -2.31. The van der Waals surface area contributed by atoms with Gasteiger partial charge in [0.25, 0.3) is 0 Å². The number of piperazine rings is 1. The molecular weight excluding hydrogens is 250 g/mol. The standard InChI is InChI=1S/C16H25N3O/c1-12(2)14-5-4-6-15(9-14)18-16(20)11-19-8-7-17-13(3)10-19/h4-6,9,12-13,17H,7-8,10-11H2,1-3H3,(H,18,20). The van der Waals surface area contributed by atoms with Crippen LogP contribution in [0.5, 0.6) is 0 Å². The van der Waals surface area contributed by atoms with Crippen LogP contribution in [0.2, 0.25) is 0 Å². The van der Waals surface area contributed by atoms with Crippen molar-refractivity contribution in [3.05, 3.63) is 29.8 Å². The highest BCUT2D eigenvalue weighted by Gasteiger charge is 2.17. The Balaban J connectivity index is 1.89. The van der Waals surface area contributed by atoms with E-state index in [2.05, 4.69) is 48.4 Å². The fraction of sp³-hybridized carbons (Fsp3) is 0.562. The second-order valence-corrected chi connectivity index (χ2v) is 5.92. The number of rotatable bonds is 4. The highest BCUT2D eigenvalue weighted by atomic mass is 16.2. The first kappa shape index (κ1) is 15.0. The van der Waals surface area contributed by atoms with E-state index >= 15 is 0 Å². The van der Waals surface area contributed by atoms with E-state index in [1.165, 1.54) is 5.56 Å². The average Bonchev–Trinajstić information content (AvgIpc) is 2.38. The Kier molecular flexibility index (Phi) is 5.15. The zero-order chi connectivity index (χ0) is 14.5. The van der Waals surface area contributed by atoms with Crippen molar-refractivity contribution in [3.63, 3.8) is 0 Å². The lowest BCUT2D eigenvalue weighted by molar-refractivity contribution is -0.117. The molecule has 1 fully saturated rings. The van der Waals surface area contributed by atoms with Crippen LogP contribution < -0.4 is 10.6 Å². The first-order valence-electron chi connectivity index (χ1n) is 7.40. The second-order valence-electron chi connectivity index (χ2n) is 5.92. The monoisotopic (exact) mass is 275 g/mol. The summed E-state index contributed by atoms with van der Waals surface area (Å²) >= 11 is 0. The largest absolute Gasteiger partial charge is 0.325 e. The van der Waals surface area contributed by atoms with E-state index in [4.69, 9.17) is 0 Å². The van der Waals surface area contributed by atoms with Gasteiger partial charge in [-0.1, -0.05) is 26.0 Å². The molecule has 0 aliphatic carbocycles. The SMILES string of the molecule is CC1CN(CC(=O)Nc2cccc(C(C)C)c2)CCN1. The van der Waals surface area contributed by atoms with Gasteiger partial charge in [-0.3, -0.25) is 9.69 Å². The highest BCUT2D eigenvalue weighted by Crippen LogP contribution is 2.18. The average molecular weight is 275 g/mol. The predicted molar refractivity (Wildman–Crippen MR) is 83.1 cm³/mol. The maximum Gasteiger partial charge on any atom is 0.238 e. The predicted octanol–water partition coefficient (Wildman–Crippen LogP) is 2.04. The van der Waals surface area contributed by atoms with Crippen molar-refractivity contribution in [1.82, 2.24) is 10.2 Å². The minimum Gasteiger partial charge on any atom is -0.325 e. The first-order chi connectivity index (χ1) is 9.54. The molecule has 0 saturated carbocycles. The van der Waals surface area contributed by atoms with Crippen molar-refractivity contribution >= 4 is 11.6 Å². The van der Waals surface area contributed by atoms with Gasteiger partial charge in [0.2, 0.25) is 5.91 Å². The maximum atomic E-state index is 12.1. The number of hydrogen-bond donors (Lipinski definition) is 2. The van der Waals surface area contributed by atoms with Crippen LogP contribution in [0.15, 0.2) is 24.3 Å². The van der Waals surface area contributed by atoms with E-state index in [0.717, 1.165) is 25.3 Å². The third-order valence-corrected chi connectivity index (χ3v) is 3.66. The van der Waals surface area contributed by atoms with Crippen LogP contribution in [-0.2, 0) is 4.79 Å². The molecule has 1 aromatic rings. The maximum absolute atomic E-state index is 12.1. The van der Waals surface area contributed by atoms with Crippen LogP contribution in [0, 0.1) is 0 Å². The van der Waals surface area contributed by atoms with E-state index in [1.54, 1.807) is 0 Å². The lowest BCUT2D eigenvalue weighted by Crippen LogP contribution is -2.51. The van der Waals surface area contributed by atoms with Gasteiger partial charge in [-0.05, 0) is 30.5 Å². The Hall–Kier alpha value is -1.39. The van der Waals surface area contributed by atoms with Crippen LogP contribution in [0.3, 0.4) is 0 Å². The molecule has 4 heteroatoms. The molecule has 1 aliphatic heterocycles. The number of benzene rings is 1. The minimum atomic E-state index is 0.0695. The second kappa shape index (κ2) is 6.86. The van der Waals surface area contributed by atoms with E-state index in [0.29, 0.717) is 18.5 Å². The number of amides is 1. The Morgan fingerprint density at radius 1 is 1.50 bits per heavy atom. The molecule has 1 unspecified atom stereocenters. The normalized spacial score (nSPS) is 20.1. The summed E-state index contributed by atoms with van der Waals surface area (Å²) < 4.78 is 0. The molecule has 0 aromatic heterocycles. The molecule has 20 heavy (non-hydrogen) atoms. The third-order valence-electron chi connectivity index (χ3n) is 3.66. The molecule has 0 spiro atoms. The molecule has 4 nitrogen and oxygen atoms in total. The van der Waals surface area contributed by atoms with Gasteiger partial charge >= 0.3 is 0 Å². The summed E-state index contributed by atoms with van der Waals surface area (Å²) in [5, 5.41) is 6.38. The molecule has 110 valence electrons. The van der Waals surface area contributed by atoms with Crippen molar-refractivity contribution < 1.29 is 4.79 Å². The van der Waals surface area contributed by atoms with Crippen LogP contribution >= 0.6 is 0 Å². The minimum absolute atomic E-state index is 0.0695. The summed E-state index contributed by atoms with van der Waals surface area (Å²) in [4.78, 5) is 14.3. The molecule has 2 rings (SSSR count). The van der Waals surface area contributed by atoms with Gasteiger partial charge < -0.3 is 10.6 Å². The number of nitrogens with one attached hydrogen (secondary N) is 2. The summed E-state index contributed by atoms with van der Waals surface area (Å²) in [6, 6.07) is 8.56. The van der Waals surface area contributed by atoms with Gasteiger partial charge in [-0.15, -0.1) is 0 Å². The molecule has 1 aromatic carbocycles. The number of nitrogens with zero attached hydrogens (tertiary/aromatic N) is 1. The topological polar surface area (TPSA) is 44.4 Å². The Morgan fingerprint density at radius 2 is 2.30 bits per heavy atom. The summed E-state index contributed by atoms with van der Waals surface area (Å²) in [6.45, 7) is 9.75. The van der Waals surface area contributed by atoms with Gasteiger partial charge in [-0.2, -0.15) is 0 Å². The molecule has 1 amide bonds. The summed E-state index contributed by atoms with van der Waals surface area (Å²) in [6.07, 6.45) is 0. The van der Waals surface area contributed by atoms with E-state index in [1.807, 2.05) is 12.1 Å². The number of anilines is 1. The van der Waals surface area contributed by atoms with Crippen molar-refractivity contribution in [2.75, 3.05) is 31.5 Å². The van der Waals surface area contributed by atoms with Crippen LogP contribution in [0.1, 0.15) is 32.3 Å². The van der Waals surface area contributed by atoms with Crippen molar-refractivity contribution in [1.29, 1.82) is 0 Å². The molecule has 0 bridgehead atoms. The van der Waals surface area contributed by atoms with E-state index in [-0.39, 0.29) is 5.91 Å². The van der Waals surface area contributed by atoms with Gasteiger partial charge in [-0.25, -0.2) is 0 Å². The molecule has 1 heterocycles. The highest BCUT2D eigenvalue weighted by molar-refractivity contribution is 5.92. The number of carbonyl (C=O) groups is 1. The fourth-order valence-corrected chi connectivity index (χ4v) is 2.53. The van der Waals surface area contributed by atoms with Crippen LogP contribution in [0.25, 0.3) is 0 Å². The number of hydrogen-bond acceptors (Lipinski definition) is 3. The molecule has 2 N–H and O–H groups in total. The van der Waals surface area contributed by atoms with Crippen LogP contribution in [0.4, 0.5) is 5.69 Å². The number of carbonyl (C=O) groups excluding carboxylic acids is 1. The van der Waals surface area contributed by atoms with E-state index < -0.39 is 0 Å². The van der Waals surface area contributed by atoms with Crippen molar-refractivity contribution in [2.24, 2.45) is 0 Å². The van der Waals surface area contributed by atoms with Crippen molar-refractivity contribution in [3.8, 4) is 0 Å². The van der Waals surface area contributed by atoms with Gasteiger partial charge in [0.05, 0.1) is 6.54 Å². The van der Waals surface area contributed by atoms with Crippen LogP contribution in [-0.4, -0.2) is 43.0 Å². The van der Waals surface area contributed by atoms with E-state index in [9.17, 15) is 4.79 Å². The molecular formula is C16H25N3O. The van der Waals surface area contributed by atoms with Gasteiger partial charge in [0, 0.05) is 31.4 Å².